The molecule has 0 spiro atoms. The number of hydrogen-bond acceptors (Lipinski definition) is 2. The van der Waals surface area contributed by atoms with Crippen LogP contribution in [0.25, 0.3) is 11.2 Å². The summed E-state index contributed by atoms with van der Waals surface area (Å²) >= 11 is 5.98. The van der Waals surface area contributed by atoms with Crippen molar-refractivity contribution in [3.8, 4) is 0 Å². The predicted octanol–water partition coefficient (Wildman–Crippen LogP) is 3.40. The average molecular weight is 295 g/mol. The molecule has 1 aliphatic carbocycles. The van der Waals surface area contributed by atoms with Crippen molar-refractivity contribution < 1.29 is 0 Å². The highest BCUT2D eigenvalue weighted by Crippen LogP contribution is 2.42. The number of aromatic nitrogens is 4. The lowest BCUT2D eigenvalue weighted by Crippen LogP contribution is -2.39. The first-order chi connectivity index (χ1) is 9.60. The summed E-state index contributed by atoms with van der Waals surface area (Å²) in [7, 11) is 2.03. The Labute approximate surface area is 125 Å². The van der Waals surface area contributed by atoms with Crippen molar-refractivity contribution in [1.29, 1.82) is 0 Å². The van der Waals surface area contributed by atoms with Gasteiger partial charge < -0.3 is 4.57 Å². The number of halogens is 1. The Kier molecular flexibility index (Phi) is 3.53. The van der Waals surface area contributed by atoms with Crippen molar-refractivity contribution >= 4 is 22.8 Å². The SMILES string of the molecule is CCCc1nn(C)c2c1nc(CCCl)n2C1(C)CCC1. The van der Waals surface area contributed by atoms with Crippen LogP contribution in [0, 0.1) is 0 Å². The second-order valence-corrected chi connectivity index (χ2v) is 6.52. The molecule has 0 unspecified atom stereocenters. The van der Waals surface area contributed by atoms with E-state index in [9.17, 15) is 0 Å². The first-order valence-corrected chi connectivity index (χ1v) is 8.14. The van der Waals surface area contributed by atoms with Crippen LogP contribution in [0.3, 0.4) is 0 Å². The number of fused-ring (bicyclic) bond motifs is 1. The van der Waals surface area contributed by atoms with Crippen LogP contribution in [0.1, 0.15) is 51.0 Å². The Morgan fingerprint density at radius 2 is 2.05 bits per heavy atom. The van der Waals surface area contributed by atoms with Gasteiger partial charge in [-0.25, -0.2) is 4.98 Å². The van der Waals surface area contributed by atoms with Gasteiger partial charge in [0.1, 0.15) is 11.3 Å². The molecule has 2 heterocycles. The fourth-order valence-corrected chi connectivity index (χ4v) is 3.53. The Bertz CT molecular complexity index is 621. The molecule has 4 nitrogen and oxygen atoms in total. The van der Waals surface area contributed by atoms with Gasteiger partial charge in [0.05, 0.1) is 5.69 Å². The predicted molar refractivity (Wildman–Crippen MR) is 82.4 cm³/mol. The van der Waals surface area contributed by atoms with Crippen molar-refractivity contribution in [1.82, 2.24) is 19.3 Å². The number of imidazole rings is 1. The molecule has 20 heavy (non-hydrogen) atoms. The van der Waals surface area contributed by atoms with E-state index in [-0.39, 0.29) is 5.54 Å². The molecule has 1 aliphatic rings. The number of nitrogens with zero attached hydrogens (tertiary/aromatic N) is 4. The molecule has 2 aromatic rings. The minimum atomic E-state index is 0.202. The number of hydrogen-bond donors (Lipinski definition) is 0. The first kappa shape index (κ1) is 13.9. The maximum Gasteiger partial charge on any atom is 0.159 e. The first-order valence-electron chi connectivity index (χ1n) is 7.60. The van der Waals surface area contributed by atoms with Gasteiger partial charge in [-0.05, 0) is 32.6 Å². The molecule has 0 atom stereocenters. The van der Waals surface area contributed by atoms with Crippen LogP contribution >= 0.6 is 11.6 Å². The van der Waals surface area contributed by atoms with Gasteiger partial charge in [0, 0.05) is 24.9 Å². The van der Waals surface area contributed by atoms with Crippen molar-refractivity contribution in [2.75, 3.05) is 5.88 Å². The molecular weight excluding hydrogens is 272 g/mol. The highest BCUT2D eigenvalue weighted by Gasteiger charge is 2.38. The number of aryl methyl sites for hydroxylation is 3. The van der Waals surface area contributed by atoms with E-state index in [2.05, 4.69) is 23.5 Å². The van der Waals surface area contributed by atoms with Gasteiger partial charge in [0.15, 0.2) is 5.65 Å². The number of alkyl halides is 1. The maximum absolute atomic E-state index is 5.98. The van der Waals surface area contributed by atoms with Gasteiger partial charge in [-0.1, -0.05) is 13.3 Å². The van der Waals surface area contributed by atoms with Crippen molar-refractivity contribution in [3.63, 3.8) is 0 Å². The quantitative estimate of drug-likeness (QED) is 0.792. The van der Waals surface area contributed by atoms with E-state index in [0.717, 1.165) is 36.3 Å². The second-order valence-electron chi connectivity index (χ2n) is 6.15. The van der Waals surface area contributed by atoms with Gasteiger partial charge in [-0.2, -0.15) is 5.10 Å². The van der Waals surface area contributed by atoms with Gasteiger partial charge in [-0.3, -0.25) is 4.68 Å². The van der Waals surface area contributed by atoms with E-state index in [1.165, 1.54) is 24.9 Å². The van der Waals surface area contributed by atoms with Crippen LogP contribution in [0.2, 0.25) is 0 Å². The average Bonchev–Trinajstić information content (AvgIpc) is 2.87. The van der Waals surface area contributed by atoms with Crippen LogP contribution in [0.5, 0.6) is 0 Å². The van der Waals surface area contributed by atoms with E-state index in [1.54, 1.807) is 0 Å². The molecule has 5 heteroatoms. The smallest absolute Gasteiger partial charge is 0.159 e. The third-order valence-corrected chi connectivity index (χ3v) is 4.74. The monoisotopic (exact) mass is 294 g/mol. The molecule has 0 bridgehead atoms. The summed E-state index contributed by atoms with van der Waals surface area (Å²) in [6.45, 7) is 4.52. The summed E-state index contributed by atoms with van der Waals surface area (Å²) < 4.78 is 4.43. The lowest BCUT2D eigenvalue weighted by molar-refractivity contribution is 0.168. The molecule has 1 saturated carbocycles. The molecule has 1 fully saturated rings. The summed E-state index contributed by atoms with van der Waals surface area (Å²) in [4.78, 5) is 4.89. The fraction of sp³-hybridized carbons (Fsp3) is 0.733. The summed E-state index contributed by atoms with van der Waals surface area (Å²) in [5.41, 5.74) is 3.59. The summed E-state index contributed by atoms with van der Waals surface area (Å²) in [5, 5.41) is 4.67. The molecular formula is C15H23ClN4. The maximum atomic E-state index is 5.98. The van der Waals surface area contributed by atoms with Crippen LogP contribution < -0.4 is 0 Å². The molecule has 2 aromatic heterocycles. The van der Waals surface area contributed by atoms with Gasteiger partial charge in [0.25, 0.3) is 0 Å². The standard InChI is InChI=1S/C15H23ClN4/c1-4-6-11-13-14(19(3)18-11)20(12(17-13)7-10-16)15(2)8-5-9-15/h4-10H2,1-3H3. The van der Waals surface area contributed by atoms with Crippen LogP contribution in [-0.2, 0) is 25.4 Å². The third kappa shape index (κ3) is 1.96. The summed E-state index contributed by atoms with van der Waals surface area (Å²) in [5.74, 6) is 1.75. The molecule has 0 radical (unpaired) electrons. The highest BCUT2D eigenvalue weighted by atomic mass is 35.5. The topological polar surface area (TPSA) is 35.6 Å². The van der Waals surface area contributed by atoms with Crippen molar-refractivity contribution in [2.45, 2.75) is 57.9 Å². The zero-order valence-electron chi connectivity index (χ0n) is 12.6. The molecule has 0 N–H and O–H groups in total. The molecule has 0 aliphatic heterocycles. The largest absolute Gasteiger partial charge is 0.307 e. The van der Waals surface area contributed by atoms with E-state index in [0.29, 0.717) is 5.88 Å². The zero-order valence-corrected chi connectivity index (χ0v) is 13.4. The summed E-state index contributed by atoms with van der Waals surface area (Å²) in [6.07, 6.45) is 6.67. The van der Waals surface area contributed by atoms with Gasteiger partial charge in [-0.15, -0.1) is 11.6 Å². The fourth-order valence-electron chi connectivity index (χ4n) is 3.36. The Balaban J connectivity index is 2.21. The van der Waals surface area contributed by atoms with E-state index in [4.69, 9.17) is 16.6 Å². The normalized spacial score (nSPS) is 17.6. The van der Waals surface area contributed by atoms with Crippen LogP contribution in [-0.4, -0.2) is 25.2 Å². The molecule has 110 valence electrons. The highest BCUT2D eigenvalue weighted by molar-refractivity contribution is 6.17. The van der Waals surface area contributed by atoms with Gasteiger partial charge in [0.2, 0.25) is 0 Å². The third-order valence-electron chi connectivity index (χ3n) is 4.55. The van der Waals surface area contributed by atoms with Crippen LogP contribution in [0.4, 0.5) is 0 Å². The minimum absolute atomic E-state index is 0.202. The molecule has 0 saturated heterocycles. The second kappa shape index (κ2) is 5.06. The van der Waals surface area contributed by atoms with Crippen molar-refractivity contribution in [3.05, 3.63) is 11.5 Å². The van der Waals surface area contributed by atoms with Gasteiger partial charge >= 0.3 is 0 Å². The zero-order chi connectivity index (χ0) is 14.3. The molecule has 0 aromatic carbocycles. The Hall–Kier alpha value is -1.03. The summed E-state index contributed by atoms with van der Waals surface area (Å²) in [6, 6.07) is 0. The van der Waals surface area contributed by atoms with E-state index >= 15 is 0 Å². The molecule has 0 amide bonds. The Morgan fingerprint density at radius 1 is 1.30 bits per heavy atom. The van der Waals surface area contributed by atoms with Crippen molar-refractivity contribution in [2.24, 2.45) is 7.05 Å². The van der Waals surface area contributed by atoms with E-state index in [1.807, 2.05) is 11.7 Å². The number of rotatable bonds is 5. The lowest BCUT2D eigenvalue weighted by Gasteiger charge is -2.41. The molecule has 3 rings (SSSR count). The Morgan fingerprint density at radius 3 is 2.60 bits per heavy atom. The van der Waals surface area contributed by atoms with Crippen LogP contribution in [0.15, 0.2) is 0 Å². The lowest BCUT2D eigenvalue weighted by atomic mass is 9.78. The minimum Gasteiger partial charge on any atom is -0.307 e. The van der Waals surface area contributed by atoms with E-state index < -0.39 is 0 Å².